The third-order valence-corrected chi connectivity index (χ3v) is 3.84. The van der Waals surface area contributed by atoms with Crippen LogP contribution in [-0.2, 0) is 15.8 Å². The van der Waals surface area contributed by atoms with E-state index in [1.165, 1.54) is 11.0 Å². The molecule has 1 fully saturated rings. The van der Waals surface area contributed by atoms with E-state index in [4.69, 9.17) is 0 Å². The Morgan fingerprint density at radius 2 is 2.09 bits per heavy atom. The zero-order valence-corrected chi connectivity index (χ0v) is 12.4. The van der Waals surface area contributed by atoms with Gasteiger partial charge in [0.05, 0.1) is 11.7 Å². The zero-order chi connectivity index (χ0) is 17.2. The van der Waals surface area contributed by atoms with E-state index in [2.05, 4.69) is 5.32 Å². The fraction of sp³-hybridized carbons (Fsp3) is 0.467. The summed E-state index contributed by atoms with van der Waals surface area (Å²) >= 11 is 0. The molecule has 126 valence electrons. The number of carbonyl (C=O) groups is 2. The maximum absolute atomic E-state index is 12.6. The van der Waals surface area contributed by atoms with Crippen molar-refractivity contribution in [3.8, 4) is 0 Å². The van der Waals surface area contributed by atoms with Gasteiger partial charge in [0.1, 0.15) is 0 Å². The van der Waals surface area contributed by atoms with E-state index in [1.54, 1.807) is 6.92 Å². The van der Waals surface area contributed by atoms with Gasteiger partial charge in [-0.3, -0.25) is 9.59 Å². The van der Waals surface area contributed by atoms with Crippen LogP contribution in [-0.4, -0.2) is 41.0 Å². The zero-order valence-electron chi connectivity index (χ0n) is 12.4. The van der Waals surface area contributed by atoms with Crippen LogP contribution in [0, 0.1) is 5.92 Å². The second-order valence-electron chi connectivity index (χ2n) is 5.57. The molecule has 23 heavy (non-hydrogen) atoms. The predicted molar refractivity (Wildman–Crippen MR) is 76.4 cm³/mol. The van der Waals surface area contributed by atoms with Crippen LogP contribution in [0.4, 0.5) is 18.9 Å². The minimum Gasteiger partial charge on any atom is -0.393 e. The maximum atomic E-state index is 12.6. The largest absolute Gasteiger partial charge is 0.416 e. The van der Waals surface area contributed by atoms with E-state index >= 15 is 0 Å². The van der Waals surface area contributed by atoms with Gasteiger partial charge in [-0.2, -0.15) is 13.2 Å². The quantitative estimate of drug-likeness (QED) is 0.814. The molecule has 1 aliphatic rings. The van der Waals surface area contributed by atoms with Crippen molar-refractivity contribution in [3.63, 3.8) is 0 Å². The number of carbonyl (C=O) groups excluding carboxylic acids is 2. The van der Waals surface area contributed by atoms with Crippen molar-refractivity contribution in [1.29, 1.82) is 0 Å². The summed E-state index contributed by atoms with van der Waals surface area (Å²) in [5.41, 5.74) is -0.998. The number of hydrogen-bond acceptors (Lipinski definition) is 3. The molecule has 2 amide bonds. The number of rotatable bonds is 2. The van der Waals surface area contributed by atoms with Crippen molar-refractivity contribution < 1.29 is 27.9 Å². The third kappa shape index (κ3) is 4.22. The van der Waals surface area contributed by atoms with Crippen molar-refractivity contribution in [2.75, 3.05) is 18.4 Å². The molecule has 8 heteroatoms. The number of anilines is 1. The van der Waals surface area contributed by atoms with Crippen LogP contribution < -0.4 is 5.32 Å². The minimum absolute atomic E-state index is 0.0931. The normalized spacial score (nSPS) is 19.5. The first kappa shape index (κ1) is 17.3. The summed E-state index contributed by atoms with van der Waals surface area (Å²) < 4.78 is 37.9. The number of benzene rings is 1. The summed E-state index contributed by atoms with van der Waals surface area (Å²) in [6.45, 7) is 2.21. The first-order valence-electron chi connectivity index (χ1n) is 7.14. The smallest absolute Gasteiger partial charge is 0.393 e. The number of hydrogen-bond donors (Lipinski definition) is 2. The Hall–Kier alpha value is -2.09. The fourth-order valence-corrected chi connectivity index (χ4v) is 2.47. The average Bonchev–Trinajstić information content (AvgIpc) is 2.95. The Morgan fingerprint density at radius 1 is 1.39 bits per heavy atom. The molecule has 0 aromatic heterocycles. The molecule has 1 aliphatic heterocycles. The lowest BCUT2D eigenvalue weighted by Gasteiger charge is -2.17. The predicted octanol–water partition coefficient (Wildman–Crippen LogP) is 1.87. The third-order valence-electron chi connectivity index (χ3n) is 3.84. The van der Waals surface area contributed by atoms with Gasteiger partial charge in [-0.25, -0.2) is 0 Å². The van der Waals surface area contributed by atoms with Crippen molar-refractivity contribution in [2.24, 2.45) is 5.92 Å². The van der Waals surface area contributed by atoms with Crippen LogP contribution in [0.25, 0.3) is 0 Å². The van der Waals surface area contributed by atoms with Crippen LogP contribution in [0.2, 0.25) is 0 Å². The molecular formula is C15H17F3N2O3. The highest BCUT2D eigenvalue weighted by atomic mass is 19.4. The Morgan fingerprint density at radius 3 is 2.65 bits per heavy atom. The Balaban J connectivity index is 2.01. The molecule has 0 spiro atoms. The number of amides is 2. The molecule has 2 N–H and O–H groups in total. The van der Waals surface area contributed by atoms with E-state index in [0.717, 1.165) is 18.2 Å². The first-order valence-corrected chi connectivity index (χ1v) is 7.14. The molecule has 1 heterocycles. The van der Waals surface area contributed by atoms with Gasteiger partial charge in [0.25, 0.3) is 0 Å². The van der Waals surface area contributed by atoms with E-state index in [-0.39, 0.29) is 18.2 Å². The second kappa shape index (κ2) is 6.57. The summed E-state index contributed by atoms with van der Waals surface area (Å²) in [6.07, 6.45) is -4.52. The van der Waals surface area contributed by atoms with Gasteiger partial charge < -0.3 is 15.3 Å². The Kier molecular flexibility index (Phi) is 4.93. The van der Waals surface area contributed by atoms with Crippen LogP contribution in [0.15, 0.2) is 24.3 Å². The molecule has 1 aromatic carbocycles. The van der Waals surface area contributed by atoms with Gasteiger partial charge >= 0.3 is 18.0 Å². The summed E-state index contributed by atoms with van der Waals surface area (Å²) in [7, 11) is 0. The number of halogens is 3. The molecule has 0 bridgehead atoms. The number of nitrogens with one attached hydrogen (secondary N) is 1. The number of likely N-dealkylation sites (tertiary alicyclic amines) is 1. The van der Waals surface area contributed by atoms with Crippen LogP contribution in [0.3, 0.4) is 0 Å². The molecule has 2 unspecified atom stereocenters. The van der Waals surface area contributed by atoms with E-state index in [0.29, 0.717) is 13.0 Å². The Labute approximate surface area is 131 Å². The summed E-state index contributed by atoms with van der Waals surface area (Å²) in [5, 5.41) is 11.7. The lowest BCUT2D eigenvalue weighted by molar-refractivity contribution is -0.142. The molecule has 2 atom stereocenters. The number of alkyl halides is 3. The monoisotopic (exact) mass is 330 g/mol. The lowest BCUT2D eigenvalue weighted by Crippen LogP contribution is -2.38. The number of aliphatic hydroxyl groups excluding tert-OH is 1. The molecule has 0 radical (unpaired) electrons. The number of aliphatic hydroxyl groups is 1. The Bertz CT molecular complexity index is 602. The molecule has 1 saturated heterocycles. The van der Waals surface area contributed by atoms with Crippen molar-refractivity contribution in [2.45, 2.75) is 25.6 Å². The van der Waals surface area contributed by atoms with Gasteiger partial charge in [-0.1, -0.05) is 6.07 Å². The highest BCUT2D eigenvalue weighted by molar-refractivity contribution is 6.39. The SMILES string of the molecule is CC(O)C1CCN(C(=O)C(=O)Nc2cccc(C(F)(F)F)c2)C1. The van der Waals surface area contributed by atoms with Crippen LogP contribution in [0.5, 0.6) is 0 Å². The second-order valence-corrected chi connectivity index (χ2v) is 5.57. The molecule has 2 rings (SSSR count). The van der Waals surface area contributed by atoms with Crippen molar-refractivity contribution in [3.05, 3.63) is 29.8 Å². The molecule has 5 nitrogen and oxygen atoms in total. The lowest BCUT2D eigenvalue weighted by atomic mass is 10.0. The minimum atomic E-state index is -4.52. The van der Waals surface area contributed by atoms with Gasteiger partial charge in [-0.15, -0.1) is 0 Å². The molecule has 0 aliphatic carbocycles. The van der Waals surface area contributed by atoms with Crippen LogP contribution in [0.1, 0.15) is 18.9 Å². The van der Waals surface area contributed by atoms with Gasteiger partial charge in [0.15, 0.2) is 0 Å². The summed E-state index contributed by atoms with van der Waals surface area (Å²) in [5.74, 6) is -1.90. The van der Waals surface area contributed by atoms with E-state index in [9.17, 15) is 27.9 Å². The maximum Gasteiger partial charge on any atom is 0.416 e. The molecule has 0 saturated carbocycles. The summed E-state index contributed by atoms with van der Waals surface area (Å²) in [6, 6.07) is 4.09. The van der Waals surface area contributed by atoms with E-state index < -0.39 is 29.7 Å². The van der Waals surface area contributed by atoms with Crippen molar-refractivity contribution in [1.82, 2.24) is 4.90 Å². The van der Waals surface area contributed by atoms with Crippen LogP contribution >= 0.6 is 0 Å². The topological polar surface area (TPSA) is 69.6 Å². The molecular weight excluding hydrogens is 313 g/mol. The molecule has 1 aromatic rings. The fourth-order valence-electron chi connectivity index (χ4n) is 2.47. The van der Waals surface area contributed by atoms with Gasteiger partial charge in [0.2, 0.25) is 0 Å². The first-order chi connectivity index (χ1) is 10.7. The summed E-state index contributed by atoms with van der Waals surface area (Å²) in [4.78, 5) is 25.2. The average molecular weight is 330 g/mol. The highest BCUT2D eigenvalue weighted by Crippen LogP contribution is 2.30. The number of nitrogens with zero attached hydrogens (tertiary/aromatic N) is 1. The standard InChI is InChI=1S/C15H17F3N2O3/c1-9(21)10-5-6-20(8-10)14(23)13(22)19-12-4-2-3-11(7-12)15(16,17)18/h2-4,7,9-10,21H,5-6,8H2,1H3,(H,19,22). The van der Waals surface area contributed by atoms with E-state index in [1.807, 2.05) is 0 Å². The highest BCUT2D eigenvalue weighted by Gasteiger charge is 2.33. The van der Waals surface area contributed by atoms with Crippen molar-refractivity contribution >= 4 is 17.5 Å². The van der Waals surface area contributed by atoms with Gasteiger partial charge in [-0.05, 0) is 31.5 Å². The van der Waals surface area contributed by atoms with Gasteiger partial charge in [0, 0.05) is 24.7 Å².